The van der Waals surface area contributed by atoms with Crippen molar-refractivity contribution in [2.24, 2.45) is 0 Å². The Morgan fingerprint density at radius 1 is 1.67 bits per heavy atom. The predicted molar refractivity (Wildman–Crippen MR) is 39.5 cm³/mol. The topological polar surface area (TPSA) is 55.8 Å². The van der Waals surface area contributed by atoms with Crippen molar-refractivity contribution in [2.45, 2.75) is 12.5 Å². The Balaban J connectivity index is 2.45. The average Bonchev–Trinajstić information content (AvgIpc) is 2.51. The number of esters is 1. The molecule has 0 aromatic heterocycles. The van der Waals surface area contributed by atoms with Crippen LogP contribution >= 0.6 is 11.6 Å². The monoisotopic (exact) mass is 193 g/mol. The minimum absolute atomic E-state index is 0.322. The molecule has 1 saturated heterocycles. The molecule has 68 valence electrons. The van der Waals surface area contributed by atoms with Crippen LogP contribution in [0.15, 0.2) is 0 Å². The molecule has 1 heterocycles. The van der Waals surface area contributed by atoms with Gasteiger partial charge in [0.25, 0.3) is 0 Å². The van der Waals surface area contributed by atoms with Crippen LogP contribution in [0, 0.1) is 0 Å². The van der Waals surface area contributed by atoms with Crippen LogP contribution in [-0.4, -0.2) is 36.2 Å². The van der Waals surface area contributed by atoms with Gasteiger partial charge < -0.3 is 4.74 Å². The highest BCUT2D eigenvalue weighted by molar-refractivity contribution is 6.62. The SMILES string of the molecule is COC(=O)C1CCN(C(=O)Cl)O1. The summed E-state index contributed by atoms with van der Waals surface area (Å²) in [6.07, 6.45) is -0.275. The summed E-state index contributed by atoms with van der Waals surface area (Å²) in [5.41, 5.74) is 0. The lowest BCUT2D eigenvalue weighted by Gasteiger charge is -2.10. The number of carbonyl (C=O) groups excluding carboxylic acids is 2. The molecule has 0 N–H and O–H groups in total. The molecule has 1 fully saturated rings. The van der Waals surface area contributed by atoms with Gasteiger partial charge in [0.1, 0.15) is 0 Å². The van der Waals surface area contributed by atoms with Crippen LogP contribution in [0.3, 0.4) is 0 Å². The van der Waals surface area contributed by atoms with Gasteiger partial charge in [0, 0.05) is 6.42 Å². The number of halogens is 1. The van der Waals surface area contributed by atoms with E-state index in [-0.39, 0.29) is 0 Å². The zero-order valence-corrected chi connectivity index (χ0v) is 7.21. The Labute approximate surface area is 74.1 Å². The maximum absolute atomic E-state index is 10.9. The zero-order chi connectivity index (χ0) is 9.14. The summed E-state index contributed by atoms with van der Waals surface area (Å²) in [6, 6.07) is 0. The van der Waals surface area contributed by atoms with Crippen molar-refractivity contribution in [1.29, 1.82) is 0 Å². The number of carbonyl (C=O) groups is 2. The van der Waals surface area contributed by atoms with Crippen molar-refractivity contribution in [3.63, 3.8) is 0 Å². The fourth-order valence-corrected chi connectivity index (χ4v) is 1.04. The van der Waals surface area contributed by atoms with Gasteiger partial charge in [0.2, 0.25) is 0 Å². The van der Waals surface area contributed by atoms with Gasteiger partial charge >= 0.3 is 11.3 Å². The fraction of sp³-hybridized carbons (Fsp3) is 0.667. The van der Waals surface area contributed by atoms with Crippen molar-refractivity contribution in [2.75, 3.05) is 13.7 Å². The first-order valence-corrected chi connectivity index (χ1v) is 3.74. The smallest absolute Gasteiger partial charge is 0.340 e. The maximum Gasteiger partial charge on any atom is 0.340 e. The molecular formula is C6H8ClNO4. The molecule has 1 aliphatic heterocycles. The number of hydroxylamine groups is 2. The lowest BCUT2D eigenvalue weighted by Crippen LogP contribution is -2.26. The van der Waals surface area contributed by atoms with E-state index in [0.29, 0.717) is 13.0 Å². The summed E-state index contributed by atoms with van der Waals surface area (Å²) >= 11 is 5.11. The van der Waals surface area contributed by atoms with Gasteiger partial charge in [-0.3, -0.25) is 9.63 Å². The summed E-state index contributed by atoms with van der Waals surface area (Å²) < 4.78 is 4.42. The number of rotatable bonds is 1. The summed E-state index contributed by atoms with van der Waals surface area (Å²) in [6.45, 7) is 0.322. The Bertz CT molecular complexity index is 208. The molecule has 12 heavy (non-hydrogen) atoms. The molecule has 1 amide bonds. The predicted octanol–water partition coefficient (Wildman–Crippen LogP) is 0.524. The Hall–Kier alpha value is -0.810. The normalized spacial score (nSPS) is 22.5. The van der Waals surface area contributed by atoms with E-state index in [0.717, 1.165) is 5.06 Å². The van der Waals surface area contributed by atoms with E-state index < -0.39 is 17.4 Å². The lowest BCUT2D eigenvalue weighted by molar-refractivity contribution is -0.166. The highest BCUT2D eigenvalue weighted by Gasteiger charge is 2.32. The van der Waals surface area contributed by atoms with Crippen LogP contribution in [0.4, 0.5) is 4.79 Å². The van der Waals surface area contributed by atoms with Gasteiger partial charge in [-0.2, -0.15) is 0 Å². The van der Waals surface area contributed by atoms with Crippen LogP contribution in [0.5, 0.6) is 0 Å². The third kappa shape index (κ3) is 1.86. The van der Waals surface area contributed by atoms with Crippen LogP contribution < -0.4 is 0 Å². The van der Waals surface area contributed by atoms with E-state index >= 15 is 0 Å². The number of hydrogen-bond donors (Lipinski definition) is 0. The highest BCUT2D eigenvalue weighted by atomic mass is 35.5. The maximum atomic E-state index is 10.9. The number of amides is 1. The first-order valence-electron chi connectivity index (χ1n) is 3.36. The zero-order valence-electron chi connectivity index (χ0n) is 6.45. The molecular weight excluding hydrogens is 186 g/mol. The molecule has 0 aliphatic carbocycles. The highest BCUT2D eigenvalue weighted by Crippen LogP contribution is 2.15. The molecule has 1 unspecified atom stereocenters. The number of hydrogen-bond acceptors (Lipinski definition) is 4. The second-order valence-corrected chi connectivity index (χ2v) is 2.58. The van der Waals surface area contributed by atoms with Gasteiger partial charge in [-0.25, -0.2) is 9.86 Å². The quantitative estimate of drug-likeness (QED) is 0.346. The van der Waals surface area contributed by atoms with Gasteiger partial charge in [-0.1, -0.05) is 0 Å². The largest absolute Gasteiger partial charge is 0.467 e. The first-order chi connectivity index (χ1) is 5.65. The van der Waals surface area contributed by atoms with Crippen molar-refractivity contribution < 1.29 is 19.2 Å². The third-order valence-corrected chi connectivity index (χ3v) is 1.70. The van der Waals surface area contributed by atoms with Gasteiger partial charge in [0.05, 0.1) is 13.7 Å². The molecule has 6 heteroatoms. The number of methoxy groups -OCH3 is 1. The number of ether oxygens (including phenoxy) is 1. The van der Waals surface area contributed by atoms with E-state index in [1.54, 1.807) is 0 Å². The van der Waals surface area contributed by atoms with E-state index in [9.17, 15) is 9.59 Å². The summed E-state index contributed by atoms with van der Waals surface area (Å²) in [7, 11) is 1.26. The first kappa shape index (κ1) is 9.28. The van der Waals surface area contributed by atoms with Gasteiger partial charge in [-0.05, 0) is 11.6 Å². The minimum Gasteiger partial charge on any atom is -0.467 e. The van der Waals surface area contributed by atoms with Crippen LogP contribution in [-0.2, 0) is 14.4 Å². The molecule has 1 rings (SSSR count). The standard InChI is InChI=1S/C6H8ClNO4/c1-11-5(9)4-2-3-8(12-4)6(7)10/h4H,2-3H2,1H3. The van der Waals surface area contributed by atoms with Gasteiger partial charge in [0.15, 0.2) is 6.10 Å². The van der Waals surface area contributed by atoms with Crippen molar-refractivity contribution in [3.8, 4) is 0 Å². The van der Waals surface area contributed by atoms with E-state index in [4.69, 9.17) is 16.4 Å². The van der Waals surface area contributed by atoms with Gasteiger partial charge in [-0.15, -0.1) is 0 Å². The molecule has 0 saturated carbocycles. The molecule has 5 nitrogen and oxygen atoms in total. The fourth-order valence-electron chi connectivity index (χ4n) is 0.915. The molecule has 0 spiro atoms. The number of nitrogens with zero attached hydrogens (tertiary/aromatic N) is 1. The molecule has 1 aliphatic rings. The van der Waals surface area contributed by atoms with E-state index in [1.807, 2.05) is 0 Å². The Morgan fingerprint density at radius 3 is 2.75 bits per heavy atom. The summed E-state index contributed by atoms with van der Waals surface area (Å²) in [5, 5.41) is 0.213. The molecule has 0 aromatic rings. The van der Waals surface area contributed by atoms with E-state index in [2.05, 4.69) is 4.74 Å². The van der Waals surface area contributed by atoms with Crippen LogP contribution in [0.1, 0.15) is 6.42 Å². The lowest BCUT2D eigenvalue weighted by atomic mass is 10.3. The Kier molecular flexibility index (Phi) is 2.88. The third-order valence-electron chi connectivity index (χ3n) is 1.51. The molecule has 0 radical (unpaired) electrons. The second-order valence-electron chi connectivity index (χ2n) is 2.26. The second kappa shape index (κ2) is 3.73. The van der Waals surface area contributed by atoms with E-state index in [1.165, 1.54) is 7.11 Å². The van der Waals surface area contributed by atoms with Crippen LogP contribution in [0.2, 0.25) is 0 Å². The Morgan fingerprint density at radius 2 is 2.33 bits per heavy atom. The minimum atomic E-state index is -0.721. The average molecular weight is 194 g/mol. The van der Waals surface area contributed by atoms with Crippen molar-refractivity contribution in [3.05, 3.63) is 0 Å². The summed E-state index contributed by atoms with van der Waals surface area (Å²) in [5.74, 6) is -0.490. The van der Waals surface area contributed by atoms with Crippen LogP contribution in [0.25, 0.3) is 0 Å². The molecule has 0 bridgehead atoms. The molecule has 1 atom stereocenters. The van der Waals surface area contributed by atoms with Crippen molar-refractivity contribution >= 4 is 22.9 Å². The molecule has 0 aromatic carbocycles. The summed E-state index contributed by atoms with van der Waals surface area (Å²) in [4.78, 5) is 26.2. The van der Waals surface area contributed by atoms with Crippen molar-refractivity contribution in [1.82, 2.24) is 5.06 Å².